The Hall–Kier alpha value is -2.44. The van der Waals surface area contributed by atoms with Crippen molar-refractivity contribution in [1.29, 1.82) is 0 Å². The summed E-state index contributed by atoms with van der Waals surface area (Å²) >= 11 is 0. The maximum atomic E-state index is 12.6. The third-order valence-corrected chi connectivity index (χ3v) is 4.10. The van der Waals surface area contributed by atoms with E-state index in [1.54, 1.807) is 17.8 Å². The maximum Gasteiger partial charge on any atom is 0.253 e. The number of carbonyl (C=O) groups is 1. The van der Waals surface area contributed by atoms with Crippen LogP contribution in [0.25, 0.3) is 0 Å². The second kappa shape index (κ2) is 6.76. The number of benzene rings is 1. The van der Waals surface area contributed by atoms with Crippen LogP contribution in [0, 0.1) is 5.92 Å². The van der Waals surface area contributed by atoms with Gasteiger partial charge in [-0.3, -0.25) is 4.79 Å². The molecular weight excluding hydrogens is 294 g/mol. The highest BCUT2D eigenvalue weighted by molar-refractivity contribution is 5.94. The van der Waals surface area contributed by atoms with E-state index in [0.717, 1.165) is 19.5 Å². The second-order valence-corrected chi connectivity index (χ2v) is 6.03. The van der Waals surface area contributed by atoms with Gasteiger partial charge in [-0.15, -0.1) is 5.10 Å². The van der Waals surface area contributed by atoms with E-state index in [0.29, 0.717) is 23.1 Å². The number of aromatic nitrogens is 4. The fourth-order valence-corrected chi connectivity index (χ4v) is 2.79. The van der Waals surface area contributed by atoms with E-state index in [1.165, 1.54) is 6.42 Å². The molecule has 1 aromatic carbocycles. The summed E-state index contributed by atoms with van der Waals surface area (Å²) in [6, 6.07) is 7.29. The van der Waals surface area contributed by atoms with Gasteiger partial charge in [-0.05, 0) is 47.4 Å². The zero-order valence-corrected chi connectivity index (χ0v) is 13.5. The van der Waals surface area contributed by atoms with Gasteiger partial charge in [0.15, 0.2) is 5.82 Å². The average molecular weight is 315 g/mol. The minimum atomic E-state index is 0.0716. The Morgan fingerprint density at radius 1 is 1.43 bits per heavy atom. The first-order valence-electron chi connectivity index (χ1n) is 7.87. The van der Waals surface area contributed by atoms with E-state index in [1.807, 2.05) is 23.1 Å². The number of tetrazole rings is 1. The first kappa shape index (κ1) is 15.5. The topological polar surface area (TPSA) is 73.1 Å². The molecule has 7 heteroatoms. The Kier molecular flexibility index (Phi) is 4.55. The number of ether oxygens (including phenoxy) is 1. The highest BCUT2D eigenvalue weighted by Gasteiger charge is 2.22. The maximum absolute atomic E-state index is 12.6. The summed E-state index contributed by atoms with van der Waals surface area (Å²) in [7, 11) is 1.76. The molecule has 0 radical (unpaired) electrons. The van der Waals surface area contributed by atoms with Crippen molar-refractivity contribution in [2.45, 2.75) is 26.4 Å². The van der Waals surface area contributed by atoms with Gasteiger partial charge >= 0.3 is 0 Å². The third-order valence-electron chi connectivity index (χ3n) is 4.10. The Labute approximate surface area is 135 Å². The minimum absolute atomic E-state index is 0.0716. The van der Waals surface area contributed by atoms with E-state index >= 15 is 0 Å². The number of rotatable bonds is 4. The molecule has 0 bridgehead atoms. The van der Waals surface area contributed by atoms with Crippen LogP contribution in [0.1, 0.15) is 35.9 Å². The van der Waals surface area contributed by atoms with Crippen molar-refractivity contribution in [3.8, 4) is 5.75 Å². The standard InChI is InChI=1S/C16H21N5O2/c1-12-5-4-8-21(10-12)16(22)13-6-3-7-14(9-13)23-11-15-17-18-19-20(15)2/h3,6-7,9,12H,4-5,8,10-11H2,1-2H3/t12-/m1/s1. The minimum Gasteiger partial charge on any atom is -0.486 e. The number of piperidine rings is 1. The van der Waals surface area contributed by atoms with Crippen molar-refractivity contribution in [1.82, 2.24) is 25.1 Å². The summed E-state index contributed by atoms with van der Waals surface area (Å²) in [5.74, 6) is 1.91. The Bertz CT molecular complexity index is 685. The highest BCUT2D eigenvalue weighted by Crippen LogP contribution is 2.20. The molecule has 2 aromatic rings. The first-order chi connectivity index (χ1) is 11.1. The Morgan fingerprint density at radius 2 is 2.30 bits per heavy atom. The van der Waals surface area contributed by atoms with Crippen molar-refractivity contribution >= 4 is 5.91 Å². The molecule has 3 rings (SSSR count). The van der Waals surface area contributed by atoms with Gasteiger partial charge in [0.2, 0.25) is 0 Å². The lowest BCUT2D eigenvalue weighted by molar-refractivity contribution is 0.0682. The van der Waals surface area contributed by atoms with Gasteiger partial charge in [0, 0.05) is 25.7 Å². The molecule has 1 fully saturated rings. The second-order valence-electron chi connectivity index (χ2n) is 6.03. The lowest BCUT2D eigenvalue weighted by Crippen LogP contribution is -2.39. The summed E-state index contributed by atoms with van der Waals surface area (Å²) in [4.78, 5) is 14.5. The van der Waals surface area contributed by atoms with Gasteiger partial charge in [0.1, 0.15) is 12.4 Å². The van der Waals surface area contributed by atoms with Crippen LogP contribution in [0.15, 0.2) is 24.3 Å². The predicted molar refractivity (Wildman–Crippen MR) is 83.9 cm³/mol. The average Bonchev–Trinajstić information content (AvgIpc) is 2.97. The number of amides is 1. The van der Waals surface area contributed by atoms with Crippen LogP contribution in [-0.2, 0) is 13.7 Å². The molecule has 2 heterocycles. The molecule has 1 saturated heterocycles. The normalized spacial score (nSPS) is 18.0. The zero-order chi connectivity index (χ0) is 16.2. The molecule has 1 aromatic heterocycles. The van der Waals surface area contributed by atoms with Crippen LogP contribution in [0.3, 0.4) is 0 Å². The third kappa shape index (κ3) is 3.67. The van der Waals surface area contributed by atoms with Crippen LogP contribution < -0.4 is 4.74 Å². The molecule has 122 valence electrons. The van der Waals surface area contributed by atoms with Crippen molar-refractivity contribution in [3.63, 3.8) is 0 Å². The van der Waals surface area contributed by atoms with Crippen LogP contribution in [0.4, 0.5) is 0 Å². The molecule has 1 aliphatic rings. The molecule has 23 heavy (non-hydrogen) atoms. The zero-order valence-electron chi connectivity index (χ0n) is 13.5. The number of aryl methyl sites for hydroxylation is 1. The Balaban J connectivity index is 1.67. The van der Waals surface area contributed by atoms with E-state index in [2.05, 4.69) is 22.4 Å². The van der Waals surface area contributed by atoms with E-state index in [4.69, 9.17) is 4.74 Å². The highest BCUT2D eigenvalue weighted by atomic mass is 16.5. The number of likely N-dealkylation sites (tertiary alicyclic amines) is 1. The summed E-state index contributed by atoms with van der Waals surface area (Å²) in [5.41, 5.74) is 0.660. The van der Waals surface area contributed by atoms with Crippen LogP contribution in [0.2, 0.25) is 0 Å². The SMILES string of the molecule is C[C@@H]1CCCN(C(=O)c2cccc(OCc3nnnn3C)c2)C1. The molecule has 0 saturated carbocycles. The van der Waals surface area contributed by atoms with Crippen molar-refractivity contribution in [2.75, 3.05) is 13.1 Å². The summed E-state index contributed by atoms with van der Waals surface area (Å²) in [6.45, 7) is 4.11. The molecule has 1 atom stereocenters. The van der Waals surface area contributed by atoms with E-state index < -0.39 is 0 Å². The smallest absolute Gasteiger partial charge is 0.253 e. The number of nitrogens with zero attached hydrogens (tertiary/aromatic N) is 5. The molecule has 0 spiro atoms. The van der Waals surface area contributed by atoms with Crippen molar-refractivity contribution in [2.24, 2.45) is 13.0 Å². The monoisotopic (exact) mass is 315 g/mol. The molecule has 1 aliphatic heterocycles. The lowest BCUT2D eigenvalue weighted by atomic mass is 9.99. The fraction of sp³-hybridized carbons (Fsp3) is 0.500. The van der Waals surface area contributed by atoms with Crippen molar-refractivity contribution in [3.05, 3.63) is 35.7 Å². The fourth-order valence-electron chi connectivity index (χ4n) is 2.79. The van der Waals surface area contributed by atoms with Gasteiger partial charge in [-0.1, -0.05) is 13.0 Å². The molecule has 0 aliphatic carbocycles. The van der Waals surface area contributed by atoms with E-state index in [9.17, 15) is 4.79 Å². The van der Waals surface area contributed by atoms with E-state index in [-0.39, 0.29) is 12.5 Å². The lowest BCUT2D eigenvalue weighted by Gasteiger charge is -2.31. The summed E-state index contributed by atoms with van der Waals surface area (Å²) < 4.78 is 7.26. The van der Waals surface area contributed by atoms with Crippen LogP contribution in [-0.4, -0.2) is 44.1 Å². The van der Waals surface area contributed by atoms with Gasteiger partial charge in [0.25, 0.3) is 5.91 Å². The molecule has 0 N–H and O–H groups in total. The largest absolute Gasteiger partial charge is 0.486 e. The molecule has 7 nitrogen and oxygen atoms in total. The molecular formula is C16H21N5O2. The van der Waals surface area contributed by atoms with Gasteiger partial charge in [0.05, 0.1) is 0 Å². The first-order valence-corrected chi connectivity index (χ1v) is 7.87. The summed E-state index contributed by atoms with van der Waals surface area (Å²) in [6.07, 6.45) is 2.26. The van der Waals surface area contributed by atoms with Crippen LogP contribution in [0.5, 0.6) is 5.75 Å². The van der Waals surface area contributed by atoms with Gasteiger partial charge in [-0.25, -0.2) is 4.68 Å². The predicted octanol–water partition coefficient (Wildman–Crippen LogP) is 1.66. The number of hydrogen-bond donors (Lipinski definition) is 0. The quantitative estimate of drug-likeness (QED) is 0.858. The van der Waals surface area contributed by atoms with Gasteiger partial charge < -0.3 is 9.64 Å². The molecule has 0 unspecified atom stereocenters. The summed E-state index contributed by atoms with van der Waals surface area (Å²) in [5, 5.41) is 11.2. The number of carbonyl (C=O) groups excluding carboxylic acids is 1. The molecule has 1 amide bonds. The Morgan fingerprint density at radius 3 is 3.04 bits per heavy atom. The number of hydrogen-bond acceptors (Lipinski definition) is 5. The van der Waals surface area contributed by atoms with Crippen LogP contribution >= 0.6 is 0 Å². The van der Waals surface area contributed by atoms with Gasteiger partial charge in [-0.2, -0.15) is 0 Å². The van der Waals surface area contributed by atoms with Crippen molar-refractivity contribution < 1.29 is 9.53 Å².